The van der Waals surface area contributed by atoms with Crippen LogP contribution in [0.2, 0.25) is 0 Å². The molecule has 0 bridgehead atoms. The third-order valence-corrected chi connectivity index (χ3v) is 4.11. The third kappa shape index (κ3) is 4.36. The first-order valence-corrected chi connectivity index (χ1v) is 7.08. The van der Waals surface area contributed by atoms with Crippen LogP contribution in [-0.4, -0.2) is 25.9 Å². The molecule has 0 atom stereocenters. The molecular weight excluding hydrogens is 238 g/mol. The molecule has 2 N–H and O–H groups in total. The number of hydrogen-bond acceptors (Lipinski definition) is 3. The molecule has 1 rings (SSSR count). The van der Waals surface area contributed by atoms with Crippen molar-refractivity contribution in [3.8, 4) is 0 Å². The monoisotopic (exact) mass is 257 g/mol. The zero-order valence-electron chi connectivity index (χ0n) is 10.4. The number of hydrogen-bond donors (Lipinski definition) is 2. The summed E-state index contributed by atoms with van der Waals surface area (Å²) < 4.78 is 26.3. The number of anilines is 1. The molecular formula is C12H19NO3S. The Morgan fingerprint density at radius 1 is 1.29 bits per heavy atom. The van der Waals surface area contributed by atoms with Gasteiger partial charge in [0.2, 0.25) is 10.0 Å². The van der Waals surface area contributed by atoms with Crippen molar-refractivity contribution in [2.75, 3.05) is 17.1 Å². The smallest absolute Gasteiger partial charge is 0.233 e. The van der Waals surface area contributed by atoms with E-state index in [1.807, 2.05) is 19.1 Å². The van der Waals surface area contributed by atoms with E-state index in [0.717, 1.165) is 5.56 Å². The molecule has 0 unspecified atom stereocenters. The van der Waals surface area contributed by atoms with E-state index in [0.29, 0.717) is 5.69 Å². The summed E-state index contributed by atoms with van der Waals surface area (Å²) in [5.41, 5.74) is 0.813. The predicted molar refractivity (Wildman–Crippen MR) is 69.5 cm³/mol. The molecule has 17 heavy (non-hydrogen) atoms. The molecule has 1 aromatic carbocycles. The Morgan fingerprint density at radius 2 is 1.88 bits per heavy atom. The summed E-state index contributed by atoms with van der Waals surface area (Å²) in [5, 5.41) is 9.09. The zero-order valence-corrected chi connectivity index (χ0v) is 11.2. The van der Waals surface area contributed by atoms with Gasteiger partial charge in [-0.05, 0) is 18.6 Å². The Bertz CT molecular complexity index is 480. The minimum Gasteiger partial charge on any atom is -0.396 e. The predicted octanol–water partition coefficient (Wildman–Crippen LogP) is 1.76. The van der Waals surface area contributed by atoms with E-state index < -0.39 is 15.4 Å². The van der Waals surface area contributed by atoms with Gasteiger partial charge in [-0.3, -0.25) is 4.72 Å². The van der Waals surface area contributed by atoms with E-state index in [9.17, 15) is 8.42 Å². The molecule has 0 aliphatic heterocycles. The van der Waals surface area contributed by atoms with Crippen LogP contribution in [0.1, 0.15) is 19.4 Å². The fourth-order valence-electron chi connectivity index (χ4n) is 1.45. The van der Waals surface area contributed by atoms with Crippen molar-refractivity contribution in [1.29, 1.82) is 0 Å². The Labute approximate surface area is 103 Å². The van der Waals surface area contributed by atoms with Gasteiger partial charge in [0.25, 0.3) is 0 Å². The molecule has 0 radical (unpaired) electrons. The molecule has 0 aromatic heterocycles. The maximum atomic E-state index is 11.9. The number of aryl methyl sites for hydroxylation is 1. The van der Waals surface area contributed by atoms with Crippen LogP contribution < -0.4 is 4.72 Å². The summed E-state index contributed by atoms with van der Waals surface area (Å²) >= 11 is 0. The van der Waals surface area contributed by atoms with E-state index in [1.54, 1.807) is 26.0 Å². The highest BCUT2D eigenvalue weighted by molar-refractivity contribution is 7.92. The highest BCUT2D eigenvalue weighted by atomic mass is 32.2. The summed E-state index contributed by atoms with van der Waals surface area (Å²) in [4.78, 5) is 0. The van der Waals surface area contributed by atoms with Crippen LogP contribution in [0, 0.1) is 12.3 Å². The largest absolute Gasteiger partial charge is 0.396 e. The van der Waals surface area contributed by atoms with Crippen LogP contribution >= 0.6 is 0 Å². The van der Waals surface area contributed by atoms with Gasteiger partial charge in [-0.15, -0.1) is 0 Å². The maximum Gasteiger partial charge on any atom is 0.233 e. The fraction of sp³-hybridized carbons (Fsp3) is 0.500. The maximum absolute atomic E-state index is 11.9. The van der Waals surface area contributed by atoms with Gasteiger partial charge in [0.1, 0.15) is 0 Å². The van der Waals surface area contributed by atoms with Gasteiger partial charge >= 0.3 is 0 Å². The van der Waals surface area contributed by atoms with E-state index in [1.165, 1.54) is 0 Å². The third-order valence-electron chi connectivity index (χ3n) is 2.42. The number of sulfonamides is 1. The second-order valence-corrected chi connectivity index (χ2v) is 6.72. The average Bonchev–Trinajstić information content (AvgIpc) is 2.20. The highest BCUT2D eigenvalue weighted by Crippen LogP contribution is 2.20. The molecule has 0 heterocycles. The molecule has 0 aliphatic carbocycles. The van der Waals surface area contributed by atoms with Crippen LogP contribution in [0.25, 0.3) is 0 Å². The summed E-state index contributed by atoms with van der Waals surface area (Å²) in [6, 6.07) is 7.20. The summed E-state index contributed by atoms with van der Waals surface area (Å²) in [7, 11) is -3.44. The lowest BCUT2D eigenvalue weighted by atomic mass is 9.98. The molecule has 0 spiro atoms. The SMILES string of the molecule is Cc1ccccc1NS(=O)(=O)CC(C)(C)CO. The minimum absolute atomic E-state index is 0.106. The molecule has 5 heteroatoms. The standard InChI is InChI=1S/C12H19NO3S/c1-10-6-4-5-7-11(10)13-17(15,16)9-12(2,3)8-14/h4-7,13-14H,8-9H2,1-3H3. The molecule has 0 aliphatic rings. The number of aliphatic hydroxyl groups is 1. The van der Waals surface area contributed by atoms with Crippen molar-refractivity contribution >= 4 is 15.7 Å². The quantitative estimate of drug-likeness (QED) is 0.844. The van der Waals surface area contributed by atoms with Crippen molar-refractivity contribution in [1.82, 2.24) is 0 Å². The first kappa shape index (κ1) is 14.0. The second kappa shape index (κ2) is 5.06. The molecule has 0 fully saturated rings. The van der Waals surface area contributed by atoms with Gasteiger partial charge in [-0.25, -0.2) is 8.42 Å². The van der Waals surface area contributed by atoms with Crippen LogP contribution in [0.15, 0.2) is 24.3 Å². The van der Waals surface area contributed by atoms with Crippen LogP contribution in [0.5, 0.6) is 0 Å². The number of nitrogens with one attached hydrogen (secondary N) is 1. The highest BCUT2D eigenvalue weighted by Gasteiger charge is 2.25. The summed E-state index contributed by atoms with van der Waals surface area (Å²) in [6.45, 7) is 5.10. The van der Waals surface area contributed by atoms with Gasteiger partial charge in [0.15, 0.2) is 0 Å². The van der Waals surface area contributed by atoms with Crippen molar-refractivity contribution in [3.63, 3.8) is 0 Å². The molecule has 0 saturated heterocycles. The van der Waals surface area contributed by atoms with Crippen LogP contribution in [-0.2, 0) is 10.0 Å². The van der Waals surface area contributed by atoms with Gasteiger partial charge < -0.3 is 5.11 Å². The second-order valence-electron chi connectivity index (χ2n) is 5.00. The van der Waals surface area contributed by atoms with E-state index >= 15 is 0 Å². The Kier molecular flexibility index (Phi) is 4.16. The fourth-order valence-corrected chi connectivity index (χ4v) is 3.21. The first-order chi connectivity index (χ1) is 7.76. The lowest BCUT2D eigenvalue weighted by molar-refractivity contribution is 0.179. The number of rotatable bonds is 5. The van der Waals surface area contributed by atoms with Gasteiger partial charge in [-0.1, -0.05) is 32.0 Å². The summed E-state index contributed by atoms with van der Waals surface area (Å²) in [6.07, 6.45) is 0. The number of benzene rings is 1. The van der Waals surface area contributed by atoms with Crippen LogP contribution in [0.4, 0.5) is 5.69 Å². The van der Waals surface area contributed by atoms with E-state index in [4.69, 9.17) is 5.11 Å². The normalized spacial score (nSPS) is 12.5. The van der Waals surface area contributed by atoms with Crippen molar-refractivity contribution in [2.45, 2.75) is 20.8 Å². The number of para-hydroxylation sites is 1. The van der Waals surface area contributed by atoms with Gasteiger partial charge in [0, 0.05) is 12.0 Å². The first-order valence-electron chi connectivity index (χ1n) is 5.43. The van der Waals surface area contributed by atoms with Crippen molar-refractivity contribution in [2.24, 2.45) is 5.41 Å². The molecule has 96 valence electrons. The zero-order chi connectivity index (χ0) is 13.1. The number of aliphatic hydroxyl groups excluding tert-OH is 1. The Morgan fingerprint density at radius 3 is 2.41 bits per heavy atom. The lowest BCUT2D eigenvalue weighted by Gasteiger charge is -2.22. The lowest BCUT2D eigenvalue weighted by Crippen LogP contribution is -2.31. The average molecular weight is 257 g/mol. The minimum atomic E-state index is -3.44. The summed E-state index contributed by atoms with van der Waals surface area (Å²) in [5.74, 6) is -0.106. The molecule has 4 nitrogen and oxygen atoms in total. The Balaban J connectivity index is 2.85. The topological polar surface area (TPSA) is 66.4 Å². The van der Waals surface area contributed by atoms with Crippen LogP contribution in [0.3, 0.4) is 0 Å². The molecule has 0 amide bonds. The van der Waals surface area contributed by atoms with Crippen molar-refractivity contribution in [3.05, 3.63) is 29.8 Å². The van der Waals surface area contributed by atoms with E-state index in [-0.39, 0.29) is 12.4 Å². The van der Waals surface area contributed by atoms with Gasteiger partial charge in [-0.2, -0.15) is 0 Å². The van der Waals surface area contributed by atoms with Gasteiger partial charge in [0.05, 0.1) is 11.4 Å². The molecule has 0 saturated carbocycles. The van der Waals surface area contributed by atoms with E-state index in [2.05, 4.69) is 4.72 Å². The van der Waals surface area contributed by atoms with Crippen molar-refractivity contribution < 1.29 is 13.5 Å². The Hall–Kier alpha value is -1.07. The molecule has 1 aromatic rings.